The molecule has 18 heteroatoms. The molecule has 0 saturated carbocycles. The highest BCUT2D eigenvalue weighted by Gasteiger charge is 2.40. The van der Waals surface area contributed by atoms with Gasteiger partial charge in [0.2, 0.25) is 17.7 Å². The number of benzene rings is 3. The standard InChI is InChI=1S/C44H43ClN10O6S/c1-24-25(2)62-44-39(24)40(27-9-11-28(45)12-10-27)48-34(41-53-50-26(3)55(41)44)21-37(57)46-19-4-5-20-47-38(58)23-61-30-15-13-29(14-16-30)51-52-33-8-6-7-31-32(33)22-54(43(31)60)35-17-18-36(56)49-42(35)59/h6-16,34-35H,4-5,17-23H2,1-3H3,(H,46,57)(H,47,58)(H,49,56,59). The molecule has 2 atom stereocenters. The molecule has 3 aliphatic rings. The first-order chi connectivity index (χ1) is 29.9. The second-order valence-electron chi connectivity index (χ2n) is 15.2. The van der Waals surface area contributed by atoms with Crippen molar-refractivity contribution in [2.24, 2.45) is 15.2 Å². The van der Waals surface area contributed by atoms with Crippen LogP contribution in [0.15, 0.2) is 82.0 Å². The predicted molar refractivity (Wildman–Crippen MR) is 232 cm³/mol. The average Bonchev–Trinajstić information content (AvgIpc) is 3.87. The molecule has 2 aromatic heterocycles. The number of aryl methyl sites for hydroxylation is 2. The molecule has 0 bridgehead atoms. The number of rotatable bonds is 14. The van der Waals surface area contributed by atoms with Gasteiger partial charge in [0.1, 0.15) is 28.7 Å². The van der Waals surface area contributed by atoms with Crippen LogP contribution in [0.5, 0.6) is 5.75 Å². The molecular weight excluding hydrogens is 832 g/mol. The summed E-state index contributed by atoms with van der Waals surface area (Å²) in [6.45, 7) is 6.92. The Balaban J connectivity index is 0.778. The van der Waals surface area contributed by atoms with Crippen LogP contribution in [0.3, 0.4) is 0 Å². The Labute approximate surface area is 365 Å². The lowest BCUT2D eigenvalue weighted by Gasteiger charge is -2.29. The zero-order valence-electron chi connectivity index (χ0n) is 34.2. The maximum atomic E-state index is 13.3. The van der Waals surface area contributed by atoms with Gasteiger partial charge >= 0.3 is 0 Å². The van der Waals surface area contributed by atoms with Gasteiger partial charge in [0.05, 0.1) is 23.5 Å². The van der Waals surface area contributed by atoms with Gasteiger partial charge in [-0.1, -0.05) is 29.8 Å². The van der Waals surface area contributed by atoms with Gasteiger partial charge in [-0.3, -0.25) is 38.8 Å². The Hall–Kier alpha value is -6.59. The maximum Gasteiger partial charge on any atom is 0.257 e. The van der Waals surface area contributed by atoms with E-state index < -0.39 is 18.0 Å². The molecule has 5 amide bonds. The summed E-state index contributed by atoms with van der Waals surface area (Å²) in [6.07, 6.45) is 1.83. The summed E-state index contributed by atoms with van der Waals surface area (Å²) in [5.41, 5.74) is 5.96. The molecular formula is C44H43ClN10O6S. The molecule has 5 aromatic rings. The van der Waals surface area contributed by atoms with Gasteiger partial charge < -0.3 is 20.3 Å². The SMILES string of the molecule is Cc1sc2c(c1C)C(c1ccc(Cl)cc1)=NC(CC(=O)NCCCCNC(=O)COc1ccc(N=Nc3cccc4c3CN(C3CCC(=O)NC3=O)C4=O)cc1)c1nnc(C)n1-2. The Morgan fingerprint density at radius 3 is 2.42 bits per heavy atom. The number of ether oxygens (including phenoxy) is 1. The number of thiophene rings is 1. The van der Waals surface area contributed by atoms with E-state index in [0.29, 0.717) is 65.0 Å². The van der Waals surface area contributed by atoms with E-state index in [1.807, 2.05) is 35.8 Å². The number of unbranched alkanes of at least 4 members (excludes halogenated alkanes) is 1. The summed E-state index contributed by atoms with van der Waals surface area (Å²) in [6, 6.07) is 18.2. The highest BCUT2D eigenvalue weighted by Crippen LogP contribution is 2.40. The van der Waals surface area contributed by atoms with Crippen molar-refractivity contribution in [3.05, 3.63) is 116 Å². The number of carbonyl (C=O) groups is 5. The first-order valence-corrected chi connectivity index (χ1v) is 21.5. The molecule has 5 heterocycles. The summed E-state index contributed by atoms with van der Waals surface area (Å²) >= 11 is 7.88. The first kappa shape index (κ1) is 42.1. The van der Waals surface area contributed by atoms with E-state index in [0.717, 1.165) is 33.2 Å². The van der Waals surface area contributed by atoms with Gasteiger partial charge in [-0.15, -0.1) is 21.5 Å². The van der Waals surface area contributed by atoms with Crippen LogP contribution >= 0.6 is 22.9 Å². The second kappa shape index (κ2) is 18.2. The van der Waals surface area contributed by atoms with Crippen molar-refractivity contribution in [1.29, 1.82) is 0 Å². The fourth-order valence-corrected chi connectivity index (χ4v) is 9.01. The Morgan fingerprint density at radius 2 is 1.68 bits per heavy atom. The van der Waals surface area contributed by atoms with Crippen LogP contribution < -0.4 is 20.7 Å². The van der Waals surface area contributed by atoms with Crippen LogP contribution in [0.4, 0.5) is 11.4 Å². The van der Waals surface area contributed by atoms with Gasteiger partial charge in [-0.2, -0.15) is 10.2 Å². The number of hydrogen-bond acceptors (Lipinski definition) is 12. The normalized spacial score (nSPS) is 16.9. The van der Waals surface area contributed by atoms with E-state index in [2.05, 4.69) is 50.2 Å². The number of hydrogen-bond donors (Lipinski definition) is 3. The number of halogens is 1. The summed E-state index contributed by atoms with van der Waals surface area (Å²) in [4.78, 5) is 70.8. The minimum Gasteiger partial charge on any atom is -0.484 e. The topological polar surface area (TPSA) is 202 Å². The minimum atomic E-state index is -0.719. The molecule has 0 radical (unpaired) electrons. The van der Waals surface area contributed by atoms with Gasteiger partial charge in [-0.25, -0.2) is 0 Å². The highest BCUT2D eigenvalue weighted by molar-refractivity contribution is 7.15. The fraction of sp³-hybridized carbons (Fsp3) is 0.318. The molecule has 1 saturated heterocycles. The summed E-state index contributed by atoms with van der Waals surface area (Å²) in [7, 11) is 0. The highest BCUT2D eigenvalue weighted by atomic mass is 35.5. The van der Waals surface area contributed by atoms with Crippen molar-refractivity contribution in [2.45, 2.75) is 71.5 Å². The number of azo groups is 1. The number of nitrogens with one attached hydrogen (secondary N) is 3. The number of piperidine rings is 1. The van der Waals surface area contributed by atoms with Gasteiger partial charge in [0.15, 0.2) is 12.4 Å². The molecule has 2 unspecified atom stereocenters. The van der Waals surface area contributed by atoms with Crippen molar-refractivity contribution >= 4 is 69.6 Å². The third kappa shape index (κ3) is 8.90. The minimum absolute atomic E-state index is 0.0874. The zero-order valence-corrected chi connectivity index (χ0v) is 35.8. The average molecular weight is 875 g/mol. The number of amides is 5. The Morgan fingerprint density at radius 1 is 0.935 bits per heavy atom. The van der Waals surface area contributed by atoms with Crippen molar-refractivity contribution in [3.63, 3.8) is 0 Å². The van der Waals surface area contributed by atoms with E-state index >= 15 is 0 Å². The second-order valence-corrected chi connectivity index (χ2v) is 16.8. The fourth-order valence-electron chi connectivity index (χ4n) is 7.67. The third-order valence-electron chi connectivity index (χ3n) is 11.0. The van der Waals surface area contributed by atoms with Gasteiger partial charge in [-0.05, 0) is 94.1 Å². The van der Waals surface area contributed by atoms with Crippen LogP contribution in [-0.2, 0) is 25.7 Å². The lowest BCUT2D eigenvalue weighted by molar-refractivity contribution is -0.137. The summed E-state index contributed by atoms with van der Waals surface area (Å²) in [5.74, 6) is 0.268. The molecule has 62 heavy (non-hydrogen) atoms. The predicted octanol–water partition coefficient (Wildman–Crippen LogP) is 6.46. The Kier molecular flexibility index (Phi) is 12.3. The lowest BCUT2D eigenvalue weighted by atomic mass is 9.99. The van der Waals surface area contributed by atoms with Crippen LogP contribution in [0.2, 0.25) is 5.02 Å². The lowest BCUT2D eigenvalue weighted by Crippen LogP contribution is -2.52. The largest absolute Gasteiger partial charge is 0.484 e. The van der Waals surface area contributed by atoms with E-state index in [9.17, 15) is 24.0 Å². The molecule has 3 aliphatic heterocycles. The molecule has 8 rings (SSSR count). The van der Waals surface area contributed by atoms with E-state index in [4.69, 9.17) is 21.3 Å². The third-order valence-corrected chi connectivity index (χ3v) is 12.5. The van der Waals surface area contributed by atoms with Crippen LogP contribution in [0, 0.1) is 20.8 Å². The molecule has 3 aromatic carbocycles. The summed E-state index contributed by atoms with van der Waals surface area (Å²) < 4.78 is 7.68. The number of aromatic nitrogens is 3. The van der Waals surface area contributed by atoms with Gasteiger partial charge in [0.25, 0.3) is 11.8 Å². The van der Waals surface area contributed by atoms with Crippen LogP contribution in [0.25, 0.3) is 5.00 Å². The van der Waals surface area contributed by atoms with Crippen molar-refractivity contribution in [1.82, 2.24) is 35.6 Å². The summed E-state index contributed by atoms with van der Waals surface area (Å²) in [5, 5.41) is 27.3. The number of aliphatic imine (C=N–C) groups is 1. The smallest absolute Gasteiger partial charge is 0.257 e. The van der Waals surface area contributed by atoms with Crippen molar-refractivity contribution < 1.29 is 28.7 Å². The maximum absolute atomic E-state index is 13.3. The van der Waals surface area contributed by atoms with Gasteiger partial charge in [0, 0.05) is 58.2 Å². The number of nitrogens with zero attached hydrogens (tertiary/aromatic N) is 7. The van der Waals surface area contributed by atoms with E-state index in [-0.39, 0.29) is 56.0 Å². The molecule has 3 N–H and O–H groups in total. The number of fused-ring (bicyclic) bond motifs is 4. The van der Waals surface area contributed by atoms with Crippen LogP contribution in [0.1, 0.15) is 87.3 Å². The Bertz CT molecular complexity index is 2640. The molecule has 0 aliphatic carbocycles. The first-order valence-electron chi connectivity index (χ1n) is 20.3. The molecule has 16 nitrogen and oxygen atoms in total. The molecule has 0 spiro atoms. The quantitative estimate of drug-likeness (QED) is 0.0641. The van der Waals surface area contributed by atoms with Crippen molar-refractivity contribution in [2.75, 3.05) is 19.7 Å². The molecule has 1 fully saturated rings. The number of imide groups is 1. The zero-order chi connectivity index (χ0) is 43.5. The van der Waals surface area contributed by atoms with E-state index in [1.165, 1.54) is 9.78 Å². The monoisotopic (exact) mass is 874 g/mol. The van der Waals surface area contributed by atoms with E-state index in [1.54, 1.807) is 53.8 Å². The number of carbonyl (C=O) groups excluding carboxylic acids is 5. The van der Waals surface area contributed by atoms with Crippen molar-refractivity contribution in [3.8, 4) is 10.8 Å². The van der Waals surface area contributed by atoms with Crippen LogP contribution in [-0.4, -0.2) is 80.7 Å². The molecule has 318 valence electrons.